The highest BCUT2D eigenvalue weighted by Crippen LogP contribution is 2.25. The van der Waals surface area contributed by atoms with Crippen molar-refractivity contribution in [1.29, 1.82) is 0 Å². The van der Waals surface area contributed by atoms with Crippen molar-refractivity contribution in [2.45, 2.75) is 20.0 Å². The van der Waals surface area contributed by atoms with E-state index in [2.05, 4.69) is 39.6 Å². The minimum Gasteiger partial charge on any atom is -0.486 e. The summed E-state index contributed by atoms with van der Waals surface area (Å²) >= 11 is 0. The Labute approximate surface area is 197 Å². The molecular weight excluding hydrogens is 432 g/mol. The maximum Gasteiger partial charge on any atom is 0.257 e. The Balaban J connectivity index is 1.32. The zero-order valence-electron chi connectivity index (χ0n) is 19.0. The van der Waals surface area contributed by atoms with Crippen molar-refractivity contribution < 1.29 is 18.9 Å². The van der Waals surface area contributed by atoms with Gasteiger partial charge >= 0.3 is 0 Å². The van der Waals surface area contributed by atoms with Gasteiger partial charge in [0.2, 0.25) is 0 Å². The molecule has 0 aliphatic carbocycles. The molecule has 1 atom stereocenters. The van der Waals surface area contributed by atoms with Crippen molar-refractivity contribution in [2.24, 2.45) is 5.92 Å². The molecule has 2 aromatic heterocycles. The van der Waals surface area contributed by atoms with Crippen LogP contribution < -0.4 is 4.74 Å². The summed E-state index contributed by atoms with van der Waals surface area (Å²) in [5.74, 6) is 0.600. The van der Waals surface area contributed by atoms with Crippen molar-refractivity contribution in [1.82, 2.24) is 20.2 Å². The van der Waals surface area contributed by atoms with Crippen molar-refractivity contribution >= 4 is 16.8 Å². The van der Waals surface area contributed by atoms with E-state index in [4.69, 9.17) is 14.1 Å². The first-order valence-corrected chi connectivity index (χ1v) is 11.4. The average molecular weight is 459 g/mol. The number of aromatic nitrogens is 3. The largest absolute Gasteiger partial charge is 0.486 e. The summed E-state index contributed by atoms with van der Waals surface area (Å²) < 4.78 is 16.5. The molecular formula is C26H26N4O4. The molecule has 0 spiro atoms. The molecule has 1 aliphatic heterocycles. The van der Waals surface area contributed by atoms with Crippen LogP contribution >= 0.6 is 0 Å². The number of ether oxygens (including phenoxy) is 2. The molecule has 3 heterocycles. The third kappa shape index (κ3) is 4.77. The number of carbonyl (C=O) groups excluding carboxylic acids is 1. The second kappa shape index (κ2) is 10.0. The number of pyridine rings is 1. The van der Waals surface area contributed by atoms with Gasteiger partial charge in [0.15, 0.2) is 0 Å². The number of amides is 1. The number of para-hydroxylation sites is 2. The molecule has 0 unspecified atom stereocenters. The van der Waals surface area contributed by atoms with E-state index in [1.807, 2.05) is 29.3 Å². The minimum atomic E-state index is -0.0721. The van der Waals surface area contributed by atoms with Gasteiger partial charge in [-0.2, -0.15) is 0 Å². The molecule has 1 saturated heterocycles. The van der Waals surface area contributed by atoms with E-state index < -0.39 is 0 Å². The topological polar surface area (TPSA) is 90.6 Å². The van der Waals surface area contributed by atoms with Gasteiger partial charge in [-0.3, -0.25) is 9.78 Å². The number of nitrogens with zero attached hydrogens (tertiary/aromatic N) is 4. The second-order valence-electron chi connectivity index (χ2n) is 8.47. The third-order valence-corrected chi connectivity index (χ3v) is 6.08. The van der Waals surface area contributed by atoms with Crippen LogP contribution in [0.15, 0.2) is 65.4 Å². The van der Waals surface area contributed by atoms with Crippen LogP contribution in [0.5, 0.6) is 5.75 Å². The van der Waals surface area contributed by atoms with Gasteiger partial charge in [-0.05, 0) is 37.1 Å². The molecule has 0 radical (unpaired) electrons. The van der Waals surface area contributed by atoms with Crippen molar-refractivity contribution in [3.05, 3.63) is 83.3 Å². The van der Waals surface area contributed by atoms with E-state index in [-0.39, 0.29) is 18.4 Å². The smallest absolute Gasteiger partial charge is 0.257 e. The number of hydrogen-bond acceptors (Lipinski definition) is 7. The lowest BCUT2D eigenvalue weighted by Gasteiger charge is -2.25. The summed E-state index contributed by atoms with van der Waals surface area (Å²) in [6, 6.07) is 17.5. The first-order valence-electron chi connectivity index (χ1n) is 11.4. The van der Waals surface area contributed by atoms with Crippen LogP contribution in [0.25, 0.3) is 10.9 Å². The Kier molecular flexibility index (Phi) is 6.49. The van der Waals surface area contributed by atoms with Gasteiger partial charge in [-0.1, -0.05) is 46.7 Å². The van der Waals surface area contributed by atoms with Crippen LogP contribution in [0.4, 0.5) is 0 Å². The number of rotatable bonds is 6. The van der Waals surface area contributed by atoms with Crippen LogP contribution in [0.3, 0.4) is 0 Å². The summed E-state index contributed by atoms with van der Waals surface area (Å²) in [7, 11) is 0. The molecule has 34 heavy (non-hydrogen) atoms. The number of aryl methyl sites for hydroxylation is 1. The number of fused-ring (bicyclic) bond motifs is 1. The third-order valence-electron chi connectivity index (χ3n) is 6.08. The molecule has 2 aromatic carbocycles. The number of hydrogen-bond donors (Lipinski definition) is 0. The maximum absolute atomic E-state index is 13.5. The lowest BCUT2D eigenvalue weighted by atomic mass is 9.97. The Hall–Kier alpha value is -3.78. The van der Waals surface area contributed by atoms with Crippen LogP contribution in [-0.2, 0) is 17.8 Å². The fourth-order valence-electron chi connectivity index (χ4n) is 4.30. The molecule has 0 N–H and O–H groups in total. The lowest BCUT2D eigenvalue weighted by molar-refractivity contribution is 0.0732. The van der Waals surface area contributed by atoms with E-state index in [0.29, 0.717) is 49.0 Å². The van der Waals surface area contributed by atoms with E-state index in [0.717, 1.165) is 17.3 Å². The van der Waals surface area contributed by atoms with E-state index in [1.54, 1.807) is 19.1 Å². The van der Waals surface area contributed by atoms with Gasteiger partial charge in [0.05, 0.1) is 24.3 Å². The zero-order valence-corrected chi connectivity index (χ0v) is 19.0. The SMILES string of the molecule is Cc1nonc1COc1ccccc1C(=O)N1CCOC[C@H](Cc2cccc3cccnc23)C1. The van der Waals surface area contributed by atoms with Crippen LogP contribution in [0.1, 0.15) is 27.3 Å². The Morgan fingerprint density at radius 3 is 2.88 bits per heavy atom. The lowest BCUT2D eigenvalue weighted by Crippen LogP contribution is -2.36. The second-order valence-corrected chi connectivity index (χ2v) is 8.47. The fraction of sp³-hybridized carbons (Fsp3) is 0.308. The highest BCUT2D eigenvalue weighted by atomic mass is 16.6. The summed E-state index contributed by atoms with van der Waals surface area (Å²) in [4.78, 5) is 20.0. The summed E-state index contributed by atoms with van der Waals surface area (Å²) in [5, 5.41) is 8.74. The van der Waals surface area contributed by atoms with Crippen molar-refractivity contribution in [3.8, 4) is 5.75 Å². The van der Waals surface area contributed by atoms with Gasteiger partial charge in [0.25, 0.3) is 5.91 Å². The fourth-order valence-corrected chi connectivity index (χ4v) is 4.30. The Bertz CT molecular complexity index is 1280. The van der Waals surface area contributed by atoms with E-state index in [9.17, 15) is 4.79 Å². The predicted octanol–water partition coefficient (Wildman–Crippen LogP) is 3.84. The monoisotopic (exact) mass is 458 g/mol. The van der Waals surface area contributed by atoms with Crippen molar-refractivity contribution in [2.75, 3.05) is 26.3 Å². The maximum atomic E-state index is 13.5. The van der Waals surface area contributed by atoms with Crippen LogP contribution in [-0.4, -0.2) is 52.4 Å². The molecule has 5 rings (SSSR count). The van der Waals surface area contributed by atoms with Gasteiger partial charge in [0.1, 0.15) is 23.7 Å². The Morgan fingerprint density at radius 1 is 1.12 bits per heavy atom. The zero-order chi connectivity index (χ0) is 23.3. The predicted molar refractivity (Wildman–Crippen MR) is 125 cm³/mol. The normalized spacial score (nSPS) is 16.4. The molecule has 4 aromatic rings. The van der Waals surface area contributed by atoms with Crippen molar-refractivity contribution in [3.63, 3.8) is 0 Å². The van der Waals surface area contributed by atoms with E-state index in [1.165, 1.54) is 5.56 Å². The summed E-state index contributed by atoms with van der Waals surface area (Å²) in [5.41, 5.74) is 3.96. The standard InChI is InChI=1S/C26H26N4O4/c1-18-23(29-34-28-18)17-33-24-10-3-2-9-22(24)26(31)30-12-13-32-16-19(15-30)14-21-7-4-6-20-8-5-11-27-25(20)21/h2-11,19H,12-17H2,1H3/t19-/m1/s1. The molecule has 0 bridgehead atoms. The molecule has 1 aliphatic rings. The molecule has 174 valence electrons. The Morgan fingerprint density at radius 2 is 2.00 bits per heavy atom. The highest BCUT2D eigenvalue weighted by molar-refractivity contribution is 5.97. The van der Waals surface area contributed by atoms with Gasteiger partial charge in [-0.15, -0.1) is 0 Å². The first-order chi connectivity index (χ1) is 16.7. The van der Waals surface area contributed by atoms with E-state index >= 15 is 0 Å². The van der Waals surface area contributed by atoms with Gasteiger partial charge < -0.3 is 14.4 Å². The molecule has 1 amide bonds. The summed E-state index contributed by atoms with van der Waals surface area (Å²) in [6.07, 6.45) is 2.60. The molecule has 1 fully saturated rings. The number of carbonyl (C=O) groups is 1. The average Bonchev–Trinajstić information content (AvgIpc) is 3.14. The molecule has 8 nitrogen and oxygen atoms in total. The van der Waals surface area contributed by atoms with Gasteiger partial charge in [-0.25, -0.2) is 4.63 Å². The molecule has 0 saturated carbocycles. The molecule has 8 heteroatoms. The highest BCUT2D eigenvalue weighted by Gasteiger charge is 2.26. The first kappa shape index (κ1) is 22.0. The van der Waals surface area contributed by atoms with Crippen LogP contribution in [0.2, 0.25) is 0 Å². The van der Waals surface area contributed by atoms with Crippen LogP contribution in [0, 0.1) is 12.8 Å². The van der Waals surface area contributed by atoms with Gasteiger partial charge in [0, 0.05) is 30.6 Å². The quantitative estimate of drug-likeness (QED) is 0.434. The number of benzene rings is 2. The summed E-state index contributed by atoms with van der Waals surface area (Å²) in [6.45, 7) is 4.22. The minimum absolute atomic E-state index is 0.0721.